The summed E-state index contributed by atoms with van der Waals surface area (Å²) in [5, 5.41) is 6.18. The van der Waals surface area contributed by atoms with E-state index in [0.29, 0.717) is 18.8 Å². The van der Waals surface area contributed by atoms with Gasteiger partial charge in [-0.2, -0.15) is 0 Å². The molecule has 1 fully saturated rings. The molecule has 0 unspecified atom stereocenters. The molecule has 1 saturated heterocycles. The lowest BCUT2D eigenvalue weighted by Gasteiger charge is -2.36. The van der Waals surface area contributed by atoms with Crippen molar-refractivity contribution in [2.24, 2.45) is 0 Å². The number of aromatic nitrogens is 2. The van der Waals surface area contributed by atoms with E-state index in [4.69, 9.17) is 4.52 Å². The molecule has 0 saturated carbocycles. The number of aryl methyl sites for hydroxylation is 1. The van der Waals surface area contributed by atoms with Crippen LogP contribution in [-0.4, -0.2) is 47.1 Å². The third kappa shape index (κ3) is 3.20. The molecule has 128 valence electrons. The molecule has 0 N–H and O–H groups in total. The maximum Gasteiger partial charge on any atom is 0.230 e. The van der Waals surface area contributed by atoms with Crippen molar-refractivity contribution < 1.29 is 9.32 Å². The average Bonchev–Trinajstić information content (AvgIpc) is 3.06. The van der Waals surface area contributed by atoms with Crippen LogP contribution in [-0.2, 0) is 11.2 Å². The molecule has 25 heavy (non-hydrogen) atoms. The van der Waals surface area contributed by atoms with Crippen molar-refractivity contribution in [3.63, 3.8) is 0 Å². The number of carbonyl (C=O) groups is 1. The topological polar surface area (TPSA) is 62.5 Å². The number of amides is 1. The summed E-state index contributed by atoms with van der Waals surface area (Å²) in [4.78, 5) is 21.0. The fourth-order valence-electron chi connectivity index (χ4n) is 3.31. The Morgan fingerprint density at radius 3 is 2.72 bits per heavy atom. The summed E-state index contributed by atoms with van der Waals surface area (Å²) in [5.41, 5.74) is 1.94. The fourth-order valence-corrected chi connectivity index (χ4v) is 3.31. The van der Waals surface area contributed by atoms with Gasteiger partial charge in [0.05, 0.1) is 24.0 Å². The molecule has 1 aromatic carbocycles. The first-order chi connectivity index (χ1) is 12.2. The highest BCUT2D eigenvalue weighted by Gasteiger charge is 2.23. The molecule has 1 aliphatic rings. The van der Waals surface area contributed by atoms with Gasteiger partial charge in [-0.1, -0.05) is 29.4 Å². The second-order valence-corrected chi connectivity index (χ2v) is 6.36. The van der Waals surface area contributed by atoms with Gasteiger partial charge >= 0.3 is 0 Å². The summed E-state index contributed by atoms with van der Waals surface area (Å²) in [6.07, 6.45) is 4.08. The summed E-state index contributed by atoms with van der Waals surface area (Å²) in [6, 6.07) is 10.1. The van der Waals surface area contributed by atoms with Gasteiger partial charge < -0.3 is 14.3 Å². The smallest absolute Gasteiger partial charge is 0.230 e. The molecule has 0 spiro atoms. The van der Waals surface area contributed by atoms with Crippen LogP contribution in [0.25, 0.3) is 10.8 Å². The van der Waals surface area contributed by atoms with Crippen molar-refractivity contribution in [2.75, 3.05) is 31.1 Å². The summed E-state index contributed by atoms with van der Waals surface area (Å²) in [5.74, 6) is 0.718. The van der Waals surface area contributed by atoms with E-state index in [1.807, 2.05) is 42.4 Å². The average molecular weight is 336 g/mol. The van der Waals surface area contributed by atoms with Crippen LogP contribution in [0.4, 0.5) is 5.69 Å². The molecule has 3 aromatic rings. The highest BCUT2D eigenvalue weighted by atomic mass is 16.5. The predicted octanol–water partition coefficient (Wildman–Crippen LogP) is 2.42. The van der Waals surface area contributed by atoms with E-state index in [2.05, 4.69) is 27.2 Å². The summed E-state index contributed by atoms with van der Waals surface area (Å²) < 4.78 is 5.15. The Labute approximate surface area is 146 Å². The SMILES string of the molecule is Cc1cc(CC(=O)N2CCN(c3cncc4ccccc34)CC2)on1. The number of benzene rings is 1. The minimum atomic E-state index is 0.0897. The van der Waals surface area contributed by atoms with Crippen LogP contribution in [0, 0.1) is 6.92 Å². The molecule has 1 aliphatic heterocycles. The van der Waals surface area contributed by atoms with E-state index in [1.165, 1.54) is 5.39 Å². The van der Waals surface area contributed by atoms with Crippen molar-refractivity contribution in [2.45, 2.75) is 13.3 Å². The normalized spacial score (nSPS) is 14.9. The van der Waals surface area contributed by atoms with Crippen molar-refractivity contribution >= 4 is 22.4 Å². The van der Waals surface area contributed by atoms with E-state index in [9.17, 15) is 4.79 Å². The van der Waals surface area contributed by atoms with Crippen molar-refractivity contribution in [1.82, 2.24) is 15.0 Å². The second kappa shape index (κ2) is 6.55. The fraction of sp³-hybridized carbons (Fsp3) is 0.316. The molecule has 0 atom stereocenters. The van der Waals surface area contributed by atoms with Crippen molar-refractivity contribution in [3.8, 4) is 0 Å². The zero-order valence-corrected chi connectivity index (χ0v) is 14.2. The Balaban J connectivity index is 1.43. The standard InChI is InChI=1S/C19H20N4O2/c1-14-10-16(25-21-14)11-19(24)23-8-6-22(7-9-23)18-13-20-12-15-4-2-3-5-17(15)18/h2-5,10,12-13H,6-9,11H2,1H3. The van der Waals surface area contributed by atoms with Gasteiger partial charge in [0.2, 0.25) is 5.91 Å². The van der Waals surface area contributed by atoms with Crippen LogP contribution in [0.3, 0.4) is 0 Å². The molecule has 0 aliphatic carbocycles. The second-order valence-electron chi connectivity index (χ2n) is 6.36. The van der Waals surface area contributed by atoms with Gasteiger partial charge in [0.15, 0.2) is 0 Å². The van der Waals surface area contributed by atoms with Crippen LogP contribution >= 0.6 is 0 Å². The van der Waals surface area contributed by atoms with Gasteiger partial charge in [0.1, 0.15) is 5.76 Å². The van der Waals surface area contributed by atoms with Crippen LogP contribution in [0.1, 0.15) is 11.5 Å². The van der Waals surface area contributed by atoms with Crippen LogP contribution < -0.4 is 4.90 Å². The number of carbonyl (C=O) groups excluding carboxylic acids is 1. The van der Waals surface area contributed by atoms with Crippen LogP contribution in [0.2, 0.25) is 0 Å². The van der Waals surface area contributed by atoms with E-state index in [1.54, 1.807) is 0 Å². The number of hydrogen-bond acceptors (Lipinski definition) is 5. The molecule has 6 heteroatoms. The van der Waals surface area contributed by atoms with Crippen LogP contribution in [0.15, 0.2) is 47.2 Å². The molecular weight excluding hydrogens is 316 g/mol. The monoisotopic (exact) mass is 336 g/mol. The minimum absolute atomic E-state index is 0.0897. The zero-order valence-electron chi connectivity index (χ0n) is 14.2. The lowest BCUT2D eigenvalue weighted by Crippen LogP contribution is -2.49. The number of rotatable bonds is 3. The highest BCUT2D eigenvalue weighted by molar-refractivity contribution is 5.93. The van der Waals surface area contributed by atoms with E-state index >= 15 is 0 Å². The van der Waals surface area contributed by atoms with Crippen LogP contribution in [0.5, 0.6) is 0 Å². The number of piperazine rings is 1. The van der Waals surface area contributed by atoms with E-state index in [0.717, 1.165) is 29.9 Å². The number of hydrogen-bond donors (Lipinski definition) is 0. The Kier molecular flexibility index (Phi) is 4.09. The predicted molar refractivity (Wildman–Crippen MR) is 95.5 cm³/mol. The molecule has 2 aromatic heterocycles. The molecular formula is C19H20N4O2. The molecule has 4 rings (SSSR count). The zero-order chi connectivity index (χ0) is 17.2. The largest absolute Gasteiger partial charge is 0.366 e. The Hall–Kier alpha value is -2.89. The van der Waals surface area contributed by atoms with Crippen molar-refractivity contribution in [1.29, 1.82) is 0 Å². The molecule has 1 amide bonds. The minimum Gasteiger partial charge on any atom is -0.366 e. The summed E-state index contributed by atoms with van der Waals surface area (Å²) in [6.45, 7) is 4.87. The van der Waals surface area contributed by atoms with Gasteiger partial charge in [0, 0.05) is 49.2 Å². The van der Waals surface area contributed by atoms with Gasteiger partial charge in [-0.15, -0.1) is 0 Å². The van der Waals surface area contributed by atoms with Gasteiger partial charge in [0.25, 0.3) is 0 Å². The number of pyridine rings is 1. The van der Waals surface area contributed by atoms with Crippen molar-refractivity contribution in [3.05, 3.63) is 54.2 Å². The molecule has 0 bridgehead atoms. The van der Waals surface area contributed by atoms with Gasteiger partial charge in [-0.3, -0.25) is 9.78 Å². The first kappa shape index (κ1) is 15.6. The number of fused-ring (bicyclic) bond motifs is 1. The molecule has 6 nitrogen and oxygen atoms in total. The lowest BCUT2D eigenvalue weighted by atomic mass is 10.1. The summed E-state index contributed by atoms with van der Waals surface area (Å²) in [7, 11) is 0. The van der Waals surface area contributed by atoms with E-state index < -0.39 is 0 Å². The van der Waals surface area contributed by atoms with Gasteiger partial charge in [-0.25, -0.2) is 0 Å². The Morgan fingerprint density at radius 2 is 1.96 bits per heavy atom. The first-order valence-corrected chi connectivity index (χ1v) is 8.48. The Morgan fingerprint density at radius 1 is 1.16 bits per heavy atom. The first-order valence-electron chi connectivity index (χ1n) is 8.48. The molecule has 3 heterocycles. The number of anilines is 1. The Bertz CT molecular complexity index is 892. The quantitative estimate of drug-likeness (QED) is 0.735. The highest BCUT2D eigenvalue weighted by Crippen LogP contribution is 2.26. The third-order valence-corrected chi connectivity index (χ3v) is 4.62. The third-order valence-electron chi connectivity index (χ3n) is 4.62. The lowest BCUT2D eigenvalue weighted by molar-refractivity contribution is -0.131. The summed E-state index contributed by atoms with van der Waals surface area (Å²) >= 11 is 0. The van der Waals surface area contributed by atoms with Gasteiger partial charge in [-0.05, 0) is 6.92 Å². The maximum absolute atomic E-state index is 12.4. The number of nitrogens with zero attached hydrogens (tertiary/aromatic N) is 4. The molecule has 0 radical (unpaired) electrons. The van der Waals surface area contributed by atoms with E-state index in [-0.39, 0.29) is 12.3 Å². The maximum atomic E-state index is 12.4.